The molecule has 0 saturated carbocycles. The zero-order chi connectivity index (χ0) is 15.4. The van der Waals surface area contributed by atoms with E-state index in [1.54, 1.807) is 24.0 Å². The number of rotatable bonds is 5. The molecule has 0 saturated heterocycles. The van der Waals surface area contributed by atoms with E-state index in [1.807, 2.05) is 0 Å². The summed E-state index contributed by atoms with van der Waals surface area (Å²) in [5, 5.41) is 17.7. The highest BCUT2D eigenvalue weighted by molar-refractivity contribution is 5.95. The van der Waals surface area contributed by atoms with Gasteiger partial charge in [0.1, 0.15) is 0 Å². The Morgan fingerprint density at radius 3 is 2.81 bits per heavy atom. The summed E-state index contributed by atoms with van der Waals surface area (Å²) in [6, 6.07) is 5.83. The van der Waals surface area contributed by atoms with Crippen LogP contribution in [-0.2, 0) is 13.6 Å². The molecule has 0 atom stereocenters. The molecule has 1 aromatic carbocycles. The molecule has 1 amide bonds. The van der Waals surface area contributed by atoms with Gasteiger partial charge >= 0.3 is 5.69 Å². The quantitative estimate of drug-likeness (QED) is 0.660. The van der Waals surface area contributed by atoms with E-state index in [9.17, 15) is 14.9 Å². The lowest BCUT2D eigenvalue weighted by molar-refractivity contribution is -0.385. The number of hydrogen-bond acceptors (Lipinski definition) is 5. The Balaban J connectivity index is 2.12. The van der Waals surface area contributed by atoms with Gasteiger partial charge in [-0.1, -0.05) is 0 Å². The van der Waals surface area contributed by atoms with E-state index >= 15 is 0 Å². The van der Waals surface area contributed by atoms with Crippen LogP contribution in [0.1, 0.15) is 16.1 Å². The molecule has 0 unspecified atom stereocenters. The molecule has 0 radical (unpaired) electrons. The van der Waals surface area contributed by atoms with Crippen molar-refractivity contribution in [2.24, 2.45) is 7.05 Å². The van der Waals surface area contributed by atoms with Crippen molar-refractivity contribution in [2.75, 3.05) is 7.11 Å². The Morgan fingerprint density at radius 2 is 2.24 bits per heavy atom. The number of nitro groups is 1. The van der Waals surface area contributed by atoms with Crippen LogP contribution in [0, 0.1) is 10.1 Å². The number of aryl methyl sites for hydroxylation is 1. The van der Waals surface area contributed by atoms with Gasteiger partial charge in [-0.3, -0.25) is 19.6 Å². The summed E-state index contributed by atoms with van der Waals surface area (Å²) >= 11 is 0. The van der Waals surface area contributed by atoms with Gasteiger partial charge in [-0.15, -0.1) is 0 Å². The van der Waals surface area contributed by atoms with Gasteiger partial charge in [-0.25, -0.2) is 0 Å². The molecule has 110 valence electrons. The molecule has 0 aliphatic rings. The minimum atomic E-state index is -0.589. The van der Waals surface area contributed by atoms with Crippen molar-refractivity contribution >= 4 is 11.6 Å². The number of amides is 1. The number of carbonyl (C=O) groups excluding carboxylic acids is 1. The third-order valence-corrected chi connectivity index (χ3v) is 2.84. The summed E-state index contributed by atoms with van der Waals surface area (Å²) in [4.78, 5) is 22.3. The number of carbonyl (C=O) groups is 1. The fourth-order valence-electron chi connectivity index (χ4n) is 1.80. The second-order valence-corrected chi connectivity index (χ2v) is 4.31. The smallest absolute Gasteiger partial charge is 0.311 e. The molecule has 2 rings (SSSR count). The molecule has 0 aliphatic heterocycles. The number of nitrogens with one attached hydrogen (secondary N) is 1. The normalized spacial score (nSPS) is 10.2. The monoisotopic (exact) mass is 290 g/mol. The van der Waals surface area contributed by atoms with E-state index in [2.05, 4.69) is 10.4 Å². The van der Waals surface area contributed by atoms with Crippen LogP contribution >= 0.6 is 0 Å². The number of ether oxygens (including phenoxy) is 1. The standard InChI is InChI=1S/C13H14N4O4/c1-16-6-5-10(15-16)8-14-13(18)9-3-4-12(21-2)11(7-9)17(19)20/h3-7H,8H2,1-2H3,(H,14,18). The van der Waals surface area contributed by atoms with Crippen molar-refractivity contribution in [1.82, 2.24) is 15.1 Å². The van der Waals surface area contributed by atoms with Gasteiger partial charge in [0.05, 0.1) is 24.3 Å². The summed E-state index contributed by atoms with van der Waals surface area (Å²) in [5.74, 6) is -0.298. The van der Waals surface area contributed by atoms with Crippen LogP contribution in [0.25, 0.3) is 0 Å². The van der Waals surface area contributed by atoms with E-state index in [-0.39, 0.29) is 23.5 Å². The topological polar surface area (TPSA) is 99.3 Å². The molecule has 8 nitrogen and oxygen atoms in total. The lowest BCUT2D eigenvalue weighted by atomic mass is 10.1. The van der Waals surface area contributed by atoms with Crippen LogP contribution in [0.2, 0.25) is 0 Å². The molecule has 2 aromatic rings. The molecule has 0 aliphatic carbocycles. The van der Waals surface area contributed by atoms with Gasteiger partial charge < -0.3 is 10.1 Å². The fourth-order valence-corrected chi connectivity index (χ4v) is 1.80. The zero-order valence-electron chi connectivity index (χ0n) is 11.6. The highest BCUT2D eigenvalue weighted by Gasteiger charge is 2.18. The van der Waals surface area contributed by atoms with E-state index < -0.39 is 10.8 Å². The third-order valence-electron chi connectivity index (χ3n) is 2.84. The van der Waals surface area contributed by atoms with Gasteiger partial charge in [-0.05, 0) is 18.2 Å². The second-order valence-electron chi connectivity index (χ2n) is 4.31. The maximum absolute atomic E-state index is 12.0. The summed E-state index contributed by atoms with van der Waals surface area (Å²) < 4.78 is 6.51. The van der Waals surface area contributed by atoms with E-state index in [4.69, 9.17) is 4.74 Å². The Kier molecular flexibility index (Phi) is 4.17. The Bertz CT molecular complexity index is 681. The van der Waals surface area contributed by atoms with Crippen LogP contribution < -0.4 is 10.1 Å². The predicted octanol–water partition coefficient (Wildman–Crippen LogP) is 1.27. The molecule has 1 heterocycles. The Morgan fingerprint density at radius 1 is 1.48 bits per heavy atom. The van der Waals surface area contributed by atoms with Crippen LogP contribution in [0.5, 0.6) is 5.75 Å². The van der Waals surface area contributed by atoms with Crippen molar-refractivity contribution in [1.29, 1.82) is 0 Å². The van der Waals surface area contributed by atoms with Crippen molar-refractivity contribution in [3.05, 3.63) is 51.8 Å². The number of methoxy groups -OCH3 is 1. The first kappa shape index (κ1) is 14.5. The number of nitrogens with zero attached hydrogens (tertiary/aromatic N) is 3. The molecular formula is C13H14N4O4. The fraction of sp³-hybridized carbons (Fsp3) is 0.231. The van der Waals surface area contributed by atoms with Crippen molar-refractivity contribution in [3.63, 3.8) is 0 Å². The SMILES string of the molecule is COc1ccc(C(=O)NCc2ccn(C)n2)cc1[N+](=O)[O-]. The van der Waals surface area contributed by atoms with Gasteiger partial charge in [0.2, 0.25) is 0 Å². The van der Waals surface area contributed by atoms with Crippen LogP contribution in [-0.4, -0.2) is 27.7 Å². The minimum Gasteiger partial charge on any atom is -0.490 e. The molecule has 0 fully saturated rings. The van der Waals surface area contributed by atoms with Crippen molar-refractivity contribution in [3.8, 4) is 5.75 Å². The average Bonchev–Trinajstić information content (AvgIpc) is 2.89. The summed E-state index contributed by atoms with van der Waals surface area (Å²) in [6.07, 6.45) is 1.76. The summed E-state index contributed by atoms with van der Waals surface area (Å²) in [6.45, 7) is 0.250. The average molecular weight is 290 g/mol. The Labute approximate surface area is 120 Å². The number of hydrogen-bond donors (Lipinski definition) is 1. The van der Waals surface area contributed by atoms with Gasteiger partial charge in [0.15, 0.2) is 5.75 Å². The second kappa shape index (κ2) is 6.04. The minimum absolute atomic E-state index is 0.112. The first-order chi connectivity index (χ1) is 10.0. The summed E-state index contributed by atoms with van der Waals surface area (Å²) in [5.41, 5.74) is 0.648. The van der Waals surface area contributed by atoms with Gasteiger partial charge in [0, 0.05) is 24.9 Å². The van der Waals surface area contributed by atoms with E-state index in [1.165, 1.54) is 25.3 Å². The molecule has 21 heavy (non-hydrogen) atoms. The summed E-state index contributed by atoms with van der Waals surface area (Å²) in [7, 11) is 3.11. The first-order valence-corrected chi connectivity index (χ1v) is 6.10. The van der Waals surface area contributed by atoms with Crippen molar-refractivity contribution in [2.45, 2.75) is 6.54 Å². The van der Waals surface area contributed by atoms with E-state index in [0.717, 1.165) is 0 Å². The molecule has 0 bridgehead atoms. The maximum Gasteiger partial charge on any atom is 0.311 e. The van der Waals surface area contributed by atoms with Gasteiger partial charge in [-0.2, -0.15) is 5.10 Å². The predicted molar refractivity (Wildman–Crippen MR) is 74.0 cm³/mol. The molecule has 0 spiro atoms. The lowest BCUT2D eigenvalue weighted by Gasteiger charge is -2.05. The zero-order valence-corrected chi connectivity index (χ0v) is 11.6. The van der Waals surface area contributed by atoms with Crippen LogP contribution in [0.3, 0.4) is 0 Å². The molecule has 1 N–H and O–H groups in total. The number of aromatic nitrogens is 2. The molecular weight excluding hydrogens is 276 g/mol. The molecule has 1 aromatic heterocycles. The number of nitro benzene ring substituents is 1. The number of benzene rings is 1. The first-order valence-electron chi connectivity index (χ1n) is 6.10. The van der Waals surface area contributed by atoms with Crippen LogP contribution in [0.15, 0.2) is 30.5 Å². The van der Waals surface area contributed by atoms with Crippen molar-refractivity contribution < 1.29 is 14.5 Å². The van der Waals surface area contributed by atoms with Crippen LogP contribution in [0.4, 0.5) is 5.69 Å². The lowest BCUT2D eigenvalue weighted by Crippen LogP contribution is -2.23. The highest BCUT2D eigenvalue weighted by atomic mass is 16.6. The van der Waals surface area contributed by atoms with E-state index in [0.29, 0.717) is 5.69 Å². The van der Waals surface area contributed by atoms with Gasteiger partial charge in [0.25, 0.3) is 5.91 Å². The highest BCUT2D eigenvalue weighted by Crippen LogP contribution is 2.27. The largest absolute Gasteiger partial charge is 0.490 e. The third kappa shape index (κ3) is 3.35. The maximum atomic E-state index is 12.0. The Hall–Kier alpha value is -2.90. The molecule has 8 heteroatoms.